The Bertz CT molecular complexity index is 638. The van der Waals surface area contributed by atoms with Gasteiger partial charge in [0.2, 0.25) is 0 Å². The van der Waals surface area contributed by atoms with Crippen LogP contribution in [0.15, 0.2) is 50.3 Å². The summed E-state index contributed by atoms with van der Waals surface area (Å²) in [6.45, 7) is 2.77. The van der Waals surface area contributed by atoms with Gasteiger partial charge in [0.1, 0.15) is 12.4 Å². The van der Waals surface area contributed by atoms with Gasteiger partial charge in [-0.2, -0.15) is 0 Å². The van der Waals surface area contributed by atoms with E-state index in [2.05, 4.69) is 31.9 Å². The van der Waals surface area contributed by atoms with Gasteiger partial charge in [-0.25, -0.2) is 0 Å². The Hall–Kier alpha value is -1.07. The number of hydrogen-bond donors (Lipinski definition) is 0. The highest BCUT2D eigenvalue weighted by molar-refractivity contribution is 9.10. The van der Waals surface area contributed by atoms with Gasteiger partial charge in [-0.1, -0.05) is 22.0 Å². The summed E-state index contributed by atoms with van der Waals surface area (Å²) in [4.78, 5) is 11.9. The molecule has 1 heterocycles. The van der Waals surface area contributed by atoms with Crippen molar-refractivity contribution in [2.45, 2.75) is 13.5 Å². The predicted molar refractivity (Wildman–Crippen MR) is 82.8 cm³/mol. The summed E-state index contributed by atoms with van der Waals surface area (Å²) in [5.74, 6) is 0.786. The number of halogens is 2. The Morgan fingerprint density at radius 2 is 2.00 bits per heavy atom. The van der Waals surface area contributed by atoms with Crippen molar-refractivity contribution >= 4 is 31.9 Å². The molecule has 0 spiro atoms. The molecule has 3 nitrogen and oxygen atoms in total. The zero-order valence-corrected chi connectivity index (χ0v) is 13.6. The van der Waals surface area contributed by atoms with Crippen LogP contribution >= 0.6 is 31.9 Å². The number of aryl methyl sites for hydroxylation is 1. The van der Waals surface area contributed by atoms with E-state index in [9.17, 15) is 4.79 Å². The molecule has 0 N–H and O–H groups in total. The molecular formula is C14H13Br2NO2. The van der Waals surface area contributed by atoms with Crippen LogP contribution in [0.1, 0.15) is 5.56 Å². The molecule has 2 rings (SSSR count). The van der Waals surface area contributed by atoms with Crippen LogP contribution in [-0.4, -0.2) is 11.2 Å². The molecule has 5 heteroatoms. The molecule has 1 aromatic carbocycles. The maximum Gasteiger partial charge on any atom is 0.253 e. The Kier molecular flexibility index (Phi) is 4.82. The first-order valence-corrected chi connectivity index (χ1v) is 7.40. The SMILES string of the molecule is Cc1cc(Br)cn(CCOc2cccc(Br)c2)c1=O. The van der Waals surface area contributed by atoms with Gasteiger partial charge in [0.05, 0.1) is 6.54 Å². The monoisotopic (exact) mass is 385 g/mol. The van der Waals surface area contributed by atoms with Crippen molar-refractivity contribution in [3.05, 3.63) is 61.4 Å². The van der Waals surface area contributed by atoms with Gasteiger partial charge in [0.25, 0.3) is 5.56 Å². The third-order valence-electron chi connectivity index (χ3n) is 2.63. The van der Waals surface area contributed by atoms with Gasteiger partial charge < -0.3 is 9.30 Å². The van der Waals surface area contributed by atoms with Crippen LogP contribution in [0.3, 0.4) is 0 Å². The lowest BCUT2D eigenvalue weighted by Crippen LogP contribution is -2.24. The van der Waals surface area contributed by atoms with Crippen LogP contribution in [0.25, 0.3) is 0 Å². The molecule has 100 valence electrons. The van der Waals surface area contributed by atoms with E-state index in [1.54, 1.807) is 17.7 Å². The molecule has 0 aliphatic carbocycles. The normalized spacial score (nSPS) is 10.5. The lowest BCUT2D eigenvalue weighted by molar-refractivity contribution is 0.296. The summed E-state index contributed by atoms with van der Waals surface area (Å²) >= 11 is 6.77. The van der Waals surface area contributed by atoms with E-state index in [1.807, 2.05) is 30.3 Å². The number of aromatic nitrogens is 1. The predicted octanol–water partition coefficient (Wildman–Crippen LogP) is 3.76. The van der Waals surface area contributed by atoms with Crippen molar-refractivity contribution in [3.8, 4) is 5.75 Å². The Labute approximate surface area is 128 Å². The van der Waals surface area contributed by atoms with Gasteiger partial charge in [0, 0.05) is 20.7 Å². The van der Waals surface area contributed by atoms with E-state index in [0.29, 0.717) is 13.2 Å². The molecule has 0 aliphatic heterocycles. The Morgan fingerprint density at radius 3 is 2.74 bits per heavy atom. The average Bonchev–Trinajstić information content (AvgIpc) is 2.35. The first-order chi connectivity index (χ1) is 9.06. The highest BCUT2D eigenvalue weighted by Crippen LogP contribution is 2.17. The maximum absolute atomic E-state index is 11.9. The number of hydrogen-bond acceptors (Lipinski definition) is 2. The molecule has 0 fully saturated rings. The van der Waals surface area contributed by atoms with E-state index in [4.69, 9.17) is 4.74 Å². The van der Waals surface area contributed by atoms with E-state index in [0.717, 1.165) is 20.3 Å². The summed E-state index contributed by atoms with van der Waals surface area (Å²) in [6.07, 6.45) is 1.78. The molecule has 0 radical (unpaired) electrons. The lowest BCUT2D eigenvalue weighted by Gasteiger charge is -2.09. The van der Waals surface area contributed by atoms with Crippen LogP contribution < -0.4 is 10.3 Å². The molecule has 0 atom stereocenters. The van der Waals surface area contributed by atoms with Gasteiger partial charge >= 0.3 is 0 Å². The second-order valence-electron chi connectivity index (χ2n) is 4.15. The van der Waals surface area contributed by atoms with Gasteiger partial charge in [0.15, 0.2) is 0 Å². The maximum atomic E-state index is 11.9. The molecular weight excluding hydrogens is 374 g/mol. The van der Waals surface area contributed by atoms with E-state index >= 15 is 0 Å². The van der Waals surface area contributed by atoms with Gasteiger partial charge in [-0.05, 0) is 47.1 Å². The minimum absolute atomic E-state index is 0.0149. The number of rotatable bonds is 4. The fraction of sp³-hybridized carbons (Fsp3) is 0.214. The van der Waals surface area contributed by atoms with Crippen molar-refractivity contribution in [1.29, 1.82) is 0 Å². The van der Waals surface area contributed by atoms with Crippen molar-refractivity contribution in [2.75, 3.05) is 6.61 Å². The second kappa shape index (κ2) is 6.39. The van der Waals surface area contributed by atoms with Crippen molar-refractivity contribution < 1.29 is 4.74 Å². The third kappa shape index (κ3) is 3.94. The molecule has 0 bridgehead atoms. The minimum atomic E-state index is 0.0149. The third-order valence-corrected chi connectivity index (χ3v) is 3.56. The largest absolute Gasteiger partial charge is 0.492 e. The van der Waals surface area contributed by atoms with Crippen molar-refractivity contribution in [2.24, 2.45) is 0 Å². The first kappa shape index (κ1) is 14.3. The Morgan fingerprint density at radius 1 is 1.21 bits per heavy atom. The van der Waals surface area contributed by atoms with Crippen LogP contribution in [-0.2, 0) is 6.54 Å². The zero-order chi connectivity index (χ0) is 13.8. The molecule has 19 heavy (non-hydrogen) atoms. The summed E-state index contributed by atoms with van der Waals surface area (Å²) in [5, 5.41) is 0. The summed E-state index contributed by atoms with van der Waals surface area (Å²) in [7, 11) is 0. The molecule has 0 saturated heterocycles. The highest BCUT2D eigenvalue weighted by Gasteiger charge is 2.02. The number of pyridine rings is 1. The second-order valence-corrected chi connectivity index (χ2v) is 5.98. The zero-order valence-electron chi connectivity index (χ0n) is 10.4. The van der Waals surface area contributed by atoms with Gasteiger partial charge in [-0.3, -0.25) is 4.79 Å². The first-order valence-electron chi connectivity index (χ1n) is 5.81. The van der Waals surface area contributed by atoms with Gasteiger partial charge in [-0.15, -0.1) is 0 Å². The Balaban J connectivity index is 2.02. The van der Waals surface area contributed by atoms with E-state index < -0.39 is 0 Å². The van der Waals surface area contributed by atoms with Crippen LogP contribution in [0.2, 0.25) is 0 Å². The molecule has 0 unspecified atom stereocenters. The smallest absolute Gasteiger partial charge is 0.253 e. The summed E-state index contributed by atoms with van der Waals surface area (Å²) < 4.78 is 9.14. The highest BCUT2D eigenvalue weighted by atomic mass is 79.9. The summed E-state index contributed by atoms with van der Waals surface area (Å²) in [5.41, 5.74) is 0.734. The van der Waals surface area contributed by atoms with Crippen molar-refractivity contribution in [3.63, 3.8) is 0 Å². The fourth-order valence-electron chi connectivity index (χ4n) is 1.72. The van der Waals surface area contributed by atoms with Crippen molar-refractivity contribution in [1.82, 2.24) is 4.57 Å². The van der Waals surface area contributed by atoms with Crippen LogP contribution in [0.4, 0.5) is 0 Å². The summed E-state index contributed by atoms with van der Waals surface area (Å²) in [6, 6.07) is 9.45. The quantitative estimate of drug-likeness (QED) is 0.800. The number of benzene rings is 1. The molecule has 0 aliphatic rings. The molecule has 1 aromatic heterocycles. The standard InChI is InChI=1S/C14H13Br2NO2/c1-10-7-12(16)9-17(14(10)18)5-6-19-13-4-2-3-11(15)8-13/h2-4,7-9H,5-6H2,1H3. The number of nitrogens with zero attached hydrogens (tertiary/aromatic N) is 1. The van der Waals surface area contributed by atoms with Crippen LogP contribution in [0.5, 0.6) is 5.75 Å². The molecule has 0 amide bonds. The van der Waals surface area contributed by atoms with Crippen LogP contribution in [0, 0.1) is 6.92 Å². The number of ether oxygens (including phenoxy) is 1. The lowest BCUT2D eigenvalue weighted by atomic mass is 10.3. The molecule has 0 saturated carbocycles. The fourth-order valence-corrected chi connectivity index (χ4v) is 2.69. The molecule has 2 aromatic rings. The van der Waals surface area contributed by atoms with E-state index in [1.165, 1.54) is 0 Å². The minimum Gasteiger partial charge on any atom is -0.492 e. The topological polar surface area (TPSA) is 31.2 Å². The van der Waals surface area contributed by atoms with E-state index in [-0.39, 0.29) is 5.56 Å². The average molecular weight is 387 g/mol.